The Labute approximate surface area is 635 Å². The quantitative estimate of drug-likeness (QED) is 0.0164. The molecule has 1 aromatic rings. The van der Waals surface area contributed by atoms with Gasteiger partial charge in [0.1, 0.15) is 84.3 Å². The van der Waals surface area contributed by atoms with Crippen molar-refractivity contribution in [3.63, 3.8) is 0 Å². The maximum absolute atomic E-state index is 14.7. The number of carboxylic acid groups (broad SMARTS) is 4. The third-order valence-electron chi connectivity index (χ3n) is 17.5. The van der Waals surface area contributed by atoms with E-state index in [9.17, 15) is 117 Å². The third-order valence-corrected chi connectivity index (χ3v) is 17.5. The van der Waals surface area contributed by atoms with Crippen molar-refractivity contribution in [3.05, 3.63) is 29.8 Å². The largest absolute Gasteiger partial charge is 0.508 e. The molecule has 1 rings (SSSR count). The van der Waals surface area contributed by atoms with Gasteiger partial charge in [0.2, 0.25) is 76.8 Å². The number of aliphatic hydroxyl groups is 2. The Hall–Kier alpha value is -10.9. The number of hydrogen-bond donors (Lipinski definition) is 24. The lowest BCUT2D eigenvalue weighted by Gasteiger charge is -2.31. The van der Waals surface area contributed by atoms with Crippen LogP contribution in [-0.4, -0.2) is 247 Å². The zero-order valence-corrected chi connectivity index (χ0v) is 63.1. The first kappa shape index (κ1) is 97.1. The van der Waals surface area contributed by atoms with E-state index < -0.39 is 261 Å². The molecule has 0 spiro atoms. The summed E-state index contributed by atoms with van der Waals surface area (Å²) in [6.07, 6.45) is -6.30. The van der Waals surface area contributed by atoms with Crippen LogP contribution in [0.1, 0.15) is 151 Å². The minimum absolute atomic E-state index is 0.0745. The second-order valence-electron chi connectivity index (χ2n) is 27.2. The molecule has 0 heterocycles. The number of nitrogens with two attached hydrogens (primary N) is 5. The molecule has 0 aliphatic carbocycles. The van der Waals surface area contributed by atoms with Crippen molar-refractivity contribution in [1.82, 2.24) is 63.8 Å². The number of guanidine groups is 1. The van der Waals surface area contributed by atoms with E-state index in [1.807, 2.05) is 0 Å². The van der Waals surface area contributed by atoms with E-state index in [1.54, 1.807) is 20.8 Å². The number of aromatic hydroxyl groups is 1. The Morgan fingerprint density at radius 2 is 0.773 bits per heavy atom. The first-order chi connectivity index (χ1) is 51.4. The number of rotatable bonds is 53. The zero-order valence-electron chi connectivity index (χ0n) is 63.1. The van der Waals surface area contributed by atoms with Crippen LogP contribution in [0.3, 0.4) is 0 Å². The second kappa shape index (κ2) is 49.2. The summed E-state index contributed by atoms with van der Waals surface area (Å²) < 4.78 is 0. The average Bonchev–Trinajstić information content (AvgIpc) is 0.851. The maximum atomic E-state index is 14.7. The Bertz CT molecular complexity index is 3360. The molecule has 0 aliphatic heterocycles. The standard InChI is InChI=1S/C68H112N18O24/c1-10-33(7)53(85-62(104)50(71)35(9)88)65(107)78-41(22-24-47(91)92)57(99)80-43(28-48(93)94)60(102)82-45(30-87)61(103)79-42(27-36-17-19-37(89)20-18-36)59(101)76-39(16-14-26-74-68(72)73)56(98)75-38(15-12-13-25-69)55(97)77-40(21-23-46(70)90)58(100)83-51(31(3)4)63(105)84-52(32(5)6)64(106)86-54(34(8)11-2)66(108)81-44(67(109)110)29-49(95)96/h17-20,31-35,38-45,50-54,87-89H,10-16,21-30,69,71H2,1-9H3,(H2,70,90)(H,75,98)(H,76,101)(H,77,97)(H,78,107)(H,79,103)(H,80,99)(H,81,108)(H,82,102)(H,83,100)(H,84,105)(H,85,104)(H,86,106)(H,91,92)(H,93,94)(H,95,96)(H,109,110)(H4,72,73,74)/t33-,34-,35+,38-,39-,40-,41-,42-,43-,44-,45-,50-,51-,52-,53-,54-/m0/s1. The number of hydrogen-bond acceptors (Lipinski definition) is 23. The van der Waals surface area contributed by atoms with Gasteiger partial charge in [0.25, 0.3) is 0 Å². The molecule has 0 saturated carbocycles. The molecule has 0 unspecified atom stereocenters. The van der Waals surface area contributed by atoms with Crippen LogP contribution in [0.4, 0.5) is 0 Å². The highest BCUT2D eigenvalue weighted by Crippen LogP contribution is 2.17. The zero-order chi connectivity index (χ0) is 84.0. The fourth-order valence-electron chi connectivity index (χ4n) is 10.5. The molecule has 29 N–H and O–H groups in total. The number of carbonyl (C=O) groups excluding carboxylic acids is 13. The van der Waals surface area contributed by atoms with Gasteiger partial charge in [-0.25, -0.2) is 4.79 Å². The number of unbranched alkanes of at least 4 members (excludes halogenated alkanes) is 1. The van der Waals surface area contributed by atoms with Gasteiger partial charge in [-0.05, 0) is 99.8 Å². The summed E-state index contributed by atoms with van der Waals surface area (Å²) in [5.41, 5.74) is 28.4. The molecule has 0 radical (unpaired) electrons. The molecule has 618 valence electrons. The van der Waals surface area contributed by atoms with E-state index in [1.165, 1.54) is 65.8 Å². The second-order valence-corrected chi connectivity index (χ2v) is 27.2. The van der Waals surface area contributed by atoms with E-state index in [4.69, 9.17) is 28.7 Å². The predicted octanol–water partition coefficient (Wildman–Crippen LogP) is -6.80. The molecule has 0 fully saturated rings. The molecule has 42 nitrogen and oxygen atoms in total. The Morgan fingerprint density at radius 1 is 0.418 bits per heavy atom. The van der Waals surface area contributed by atoms with Gasteiger partial charge < -0.3 is 128 Å². The van der Waals surface area contributed by atoms with Crippen LogP contribution >= 0.6 is 0 Å². The molecule has 0 saturated heterocycles. The number of aliphatic hydroxyl groups excluding tert-OH is 2. The molecule has 16 atom stereocenters. The predicted molar refractivity (Wildman–Crippen MR) is 391 cm³/mol. The molecule has 13 amide bonds. The number of phenolic OH excluding ortho intramolecular Hbond substituents is 1. The number of amides is 13. The molecule has 1 aromatic carbocycles. The van der Waals surface area contributed by atoms with Crippen LogP contribution < -0.4 is 92.5 Å². The number of carboxylic acids is 4. The first-order valence-electron chi connectivity index (χ1n) is 35.8. The summed E-state index contributed by atoms with van der Waals surface area (Å²) in [6.45, 7) is 12.3. The van der Waals surface area contributed by atoms with Gasteiger partial charge in [0, 0.05) is 25.8 Å². The number of phenols is 1. The summed E-state index contributed by atoms with van der Waals surface area (Å²) in [5, 5.41) is 97.3. The minimum atomic E-state index is -2.15. The van der Waals surface area contributed by atoms with Crippen molar-refractivity contribution in [2.24, 2.45) is 57.3 Å². The SMILES string of the molecule is CC[C@H](C)[C@H](NC(=O)[C@@H](NC(=O)[C@@H](NC(=O)[C@H](CCC(N)=O)NC(=O)[C@H](CCCCN)NC(=O)[C@H](CCCN=C(N)N)NC(=O)[C@H](Cc1ccc(O)cc1)NC(=O)[C@H](CO)NC(=O)[C@H](CC(=O)O)NC(=O)[C@H](CCC(=O)O)NC(=O)[C@@H](NC(=O)[C@@H](N)[C@@H](C)O)[C@@H](C)CC)C(C)C)C(C)C)C(=O)N[C@@H](CC(=O)O)C(=O)O. The highest BCUT2D eigenvalue weighted by Gasteiger charge is 2.40. The first-order valence-corrected chi connectivity index (χ1v) is 35.8. The van der Waals surface area contributed by atoms with E-state index in [0.717, 1.165) is 0 Å². The van der Waals surface area contributed by atoms with E-state index in [-0.39, 0.29) is 75.3 Å². The lowest BCUT2D eigenvalue weighted by molar-refractivity contribution is -0.147. The molecule has 110 heavy (non-hydrogen) atoms. The molecule has 42 heteroatoms. The lowest BCUT2D eigenvalue weighted by atomic mass is 9.95. The van der Waals surface area contributed by atoms with Crippen molar-refractivity contribution in [2.75, 3.05) is 19.7 Å². The van der Waals surface area contributed by atoms with E-state index in [2.05, 4.69) is 68.8 Å². The van der Waals surface area contributed by atoms with Crippen molar-refractivity contribution in [3.8, 4) is 5.75 Å². The summed E-state index contributed by atoms with van der Waals surface area (Å²) in [4.78, 5) is 232. The lowest BCUT2D eigenvalue weighted by Crippen LogP contribution is -2.62. The Kier molecular flexibility index (Phi) is 43.5. The number of aliphatic carboxylic acids is 4. The van der Waals surface area contributed by atoms with Gasteiger partial charge in [0.05, 0.1) is 25.6 Å². The summed E-state index contributed by atoms with van der Waals surface area (Å²) >= 11 is 0. The van der Waals surface area contributed by atoms with Gasteiger partial charge in [-0.3, -0.25) is 81.7 Å². The summed E-state index contributed by atoms with van der Waals surface area (Å²) in [6, 6.07) is -17.0. The van der Waals surface area contributed by atoms with Crippen LogP contribution in [0.2, 0.25) is 0 Å². The summed E-state index contributed by atoms with van der Waals surface area (Å²) in [7, 11) is 0. The van der Waals surface area contributed by atoms with Gasteiger partial charge in [-0.2, -0.15) is 0 Å². The summed E-state index contributed by atoms with van der Waals surface area (Å²) in [5.74, 6) is -24.2. The molecule has 0 bridgehead atoms. The van der Waals surface area contributed by atoms with Gasteiger partial charge >= 0.3 is 23.9 Å². The molecular formula is C68H112N18O24. The number of primary amides is 1. The normalized spacial score (nSPS) is 15.5. The van der Waals surface area contributed by atoms with Gasteiger partial charge in [0.15, 0.2) is 5.96 Å². The minimum Gasteiger partial charge on any atom is -0.508 e. The van der Waals surface area contributed by atoms with Crippen molar-refractivity contribution < 1.29 is 117 Å². The molecular weight excluding hydrogens is 1450 g/mol. The number of nitrogens with one attached hydrogen (secondary N) is 12. The van der Waals surface area contributed by atoms with Crippen LogP contribution in [0.25, 0.3) is 0 Å². The molecule has 0 aliphatic rings. The van der Waals surface area contributed by atoms with E-state index >= 15 is 0 Å². The van der Waals surface area contributed by atoms with Gasteiger partial charge in [-0.15, -0.1) is 0 Å². The van der Waals surface area contributed by atoms with Crippen molar-refractivity contribution in [2.45, 2.75) is 237 Å². The Morgan fingerprint density at radius 3 is 1.19 bits per heavy atom. The van der Waals surface area contributed by atoms with Crippen LogP contribution in [0.15, 0.2) is 29.3 Å². The number of aliphatic imine (C=N–C) groups is 1. The number of carbonyl (C=O) groups is 17. The Balaban J connectivity index is 3.84. The van der Waals surface area contributed by atoms with Crippen LogP contribution in [0, 0.1) is 23.7 Å². The average molecular weight is 1570 g/mol. The monoisotopic (exact) mass is 1560 g/mol. The highest BCUT2D eigenvalue weighted by atomic mass is 16.4. The van der Waals surface area contributed by atoms with Crippen molar-refractivity contribution >= 4 is 107 Å². The van der Waals surface area contributed by atoms with E-state index in [0.29, 0.717) is 0 Å². The maximum Gasteiger partial charge on any atom is 0.326 e. The van der Waals surface area contributed by atoms with Crippen LogP contribution in [0.5, 0.6) is 5.75 Å². The smallest absolute Gasteiger partial charge is 0.326 e. The molecule has 0 aromatic heterocycles. The van der Waals surface area contributed by atoms with Crippen molar-refractivity contribution in [1.29, 1.82) is 0 Å². The van der Waals surface area contributed by atoms with Gasteiger partial charge in [-0.1, -0.05) is 80.4 Å². The topological polar surface area (TPSA) is 719 Å². The van der Waals surface area contributed by atoms with Crippen LogP contribution in [-0.2, 0) is 87.9 Å². The fraction of sp³-hybridized carbons (Fsp3) is 0.647. The number of nitrogens with zero attached hydrogens (tertiary/aromatic N) is 1. The number of benzene rings is 1. The highest BCUT2D eigenvalue weighted by molar-refractivity contribution is 6.01. The fourth-order valence-corrected chi connectivity index (χ4v) is 10.5. The third kappa shape index (κ3) is 35.4.